The molecule has 1 aromatic rings. The summed E-state index contributed by atoms with van der Waals surface area (Å²) in [6.07, 6.45) is 2.85. The molecule has 0 amide bonds. The van der Waals surface area contributed by atoms with Gasteiger partial charge in [-0.1, -0.05) is 31.2 Å². The van der Waals surface area contributed by atoms with Crippen molar-refractivity contribution in [3.8, 4) is 0 Å². The topological polar surface area (TPSA) is 20.2 Å². The van der Waals surface area contributed by atoms with Crippen molar-refractivity contribution in [2.45, 2.75) is 31.8 Å². The number of rotatable bonds is 2. The average Bonchev–Trinajstić information content (AvgIpc) is 2.30. The first-order valence-corrected chi connectivity index (χ1v) is 6.79. The molecule has 1 aliphatic rings. The van der Waals surface area contributed by atoms with E-state index in [1.165, 1.54) is 5.56 Å². The normalized spacial score (nSPS) is 20.1. The van der Waals surface area contributed by atoms with E-state index in [2.05, 4.69) is 31.2 Å². The Bertz CT molecular complexity index is 312. The predicted octanol–water partition coefficient (Wildman–Crippen LogP) is 2.96. The molecule has 0 aromatic heterocycles. The number of aryl methyl sites for hydroxylation is 1. The summed E-state index contributed by atoms with van der Waals surface area (Å²) in [4.78, 5) is 0. The molecule has 1 aliphatic heterocycles. The van der Waals surface area contributed by atoms with Gasteiger partial charge in [0.05, 0.1) is 5.60 Å². The minimum Gasteiger partial charge on any atom is -0.385 e. The van der Waals surface area contributed by atoms with E-state index in [-0.39, 0.29) is 0 Å². The lowest BCUT2D eigenvalue weighted by Crippen LogP contribution is -2.30. The third kappa shape index (κ3) is 2.37. The van der Waals surface area contributed by atoms with Crippen molar-refractivity contribution in [3.63, 3.8) is 0 Å². The Labute approximate surface area is 95.9 Å². The first kappa shape index (κ1) is 11.0. The van der Waals surface area contributed by atoms with E-state index in [0.717, 1.165) is 36.3 Å². The first-order valence-electron chi connectivity index (χ1n) is 5.64. The molecule has 2 heteroatoms. The molecular formula is C13H18OS. The highest BCUT2D eigenvalue weighted by atomic mass is 32.2. The Hall–Kier alpha value is -0.470. The molecule has 0 aliphatic carbocycles. The van der Waals surface area contributed by atoms with Crippen LogP contribution in [0.25, 0.3) is 0 Å². The maximum Gasteiger partial charge on any atom is 0.0912 e. The quantitative estimate of drug-likeness (QED) is 0.830. The Morgan fingerprint density at radius 2 is 1.80 bits per heavy atom. The molecule has 1 fully saturated rings. The molecule has 0 unspecified atom stereocenters. The average molecular weight is 222 g/mol. The predicted molar refractivity (Wildman–Crippen MR) is 66.3 cm³/mol. The standard InChI is InChI=1S/C13H18OS/c1-2-11-3-5-12(6-4-11)13(14)7-9-15-10-8-13/h3-6,14H,2,7-10H2,1H3. The number of hydrogen-bond acceptors (Lipinski definition) is 2. The smallest absolute Gasteiger partial charge is 0.0912 e. The van der Waals surface area contributed by atoms with E-state index in [9.17, 15) is 5.11 Å². The summed E-state index contributed by atoms with van der Waals surface area (Å²) < 4.78 is 0. The van der Waals surface area contributed by atoms with Crippen LogP contribution in [0.2, 0.25) is 0 Å². The zero-order valence-electron chi connectivity index (χ0n) is 9.20. The molecule has 0 bridgehead atoms. The molecule has 82 valence electrons. The fraction of sp³-hybridized carbons (Fsp3) is 0.538. The second-order valence-electron chi connectivity index (χ2n) is 4.19. The van der Waals surface area contributed by atoms with Crippen LogP contribution < -0.4 is 0 Å². The minimum atomic E-state index is -0.558. The molecule has 1 nitrogen and oxygen atoms in total. The van der Waals surface area contributed by atoms with E-state index in [0.29, 0.717) is 0 Å². The first-order chi connectivity index (χ1) is 7.24. The van der Waals surface area contributed by atoms with Crippen LogP contribution in [0.15, 0.2) is 24.3 Å². The maximum atomic E-state index is 10.5. The molecule has 0 saturated carbocycles. The van der Waals surface area contributed by atoms with Gasteiger partial charge in [0.2, 0.25) is 0 Å². The Morgan fingerprint density at radius 3 is 2.33 bits per heavy atom. The maximum absolute atomic E-state index is 10.5. The second-order valence-corrected chi connectivity index (χ2v) is 5.42. The molecule has 1 saturated heterocycles. The highest BCUT2D eigenvalue weighted by Gasteiger charge is 2.31. The van der Waals surface area contributed by atoms with Crippen molar-refractivity contribution in [2.24, 2.45) is 0 Å². The summed E-state index contributed by atoms with van der Waals surface area (Å²) in [7, 11) is 0. The molecule has 1 aromatic carbocycles. The van der Waals surface area contributed by atoms with Crippen LogP contribution in [-0.4, -0.2) is 16.6 Å². The van der Waals surface area contributed by atoms with Crippen LogP contribution in [-0.2, 0) is 12.0 Å². The van der Waals surface area contributed by atoms with E-state index in [1.54, 1.807) is 0 Å². The van der Waals surface area contributed by atoms with Crippen molar-refractivity contribution in [1.82, 2.24) is 0 Å². The molecule has 0 atom stereocenters. The molecule has 0 spiro atoms. The zero-order valence-corrected chi connectivity index (χ0v) is 10.0. The van der Waals surface area contributed by atoms with Crippen molar-refractivity contribution in [3.05, 3.63) is 35.4 Å². The fourth-order valence-electron chi connectivity index (χ4n) is 2.05. The lowest BCUT2D eigenvalue weighted by atomic mass is 9.87. The van der Waals surface area contributed by atoms with E-state index in [1.807, 2.05) is 11.8 Å². The third-order valence-corrected chi connectivity index (χ3v) is 4.21. The SMILES string of the molecule is CCc1ccc(C2(O)CCSCC2)cc1. The molecule has 15 heavy (non-hydrogen) atoms. The summed E-state index contributed by atoms with van der Waals surface area (Å²) in [6.45, 7) is 2.15. The van der Waals surface area contributed by atoms with Crippen LogP contribution in [0.4, 0.5) is 0 Å². The Morgan fingerprint density at radius 1 is 1.20 bits per heavy atom. The van der Waals surface area contributed by atoms with Gasteiger partial charge in [-0.05, 0) is 41.9 Å². The Balaban J connectivity index is 2.20. The number of aliphatic hydroxyl groups is 1. The van der Waals surface area contributed by atoms with Crippen molar-refractivity contribution >= 4 is 11.8 Å². The van der Waals surface area contributed by atoms with Crippen LogP contribution >= 0.6 is 11.8 Å². The fourth-order valence-corrected chi connectivity index (χ4v) is 3.22. The van der Waals surface area contributed by atoms with Gasteiger partial charge in [-0.3, -0.25) is 0 Å². The van der Waals surface area contributed by atoms with Gasteiger partial charge in [-0.25, -0.2) is 0 Å². The van der Waals surface area contributed by atoms with Crippen LogP contribution in [0.5, 0.6) is 0 Å². The van der Waals surface area contributed by atoms with Crippen LogP contribution in [0.3, 0.4) is 0 Å². The van der Waals surface area contributed by atoms with Crippen molar-refractivity contribution in [1.29, 1.82) is 0 Å². The largest absolute Gasteiger partial charge is 0.385 e. The number of thioether (sulfide) groups is 1. The van der Waals surface area contributed by atoms with Gasteiger partial charge in [0.25, 0.3) is 0 Å². The summed E-state index contributed by atoms with van der Waals surface area (Å²) in [6, 6.07) is 8.45. The number of benzene rings is 1. The van der Waals surface area contributed by atoms with E-state index in [4.69, 9.17) is 0 Å². The van der Waals surface area contributed by atoms with Gasteiger partial charge in [-0.15, -0.1) is 0 Å². The zero-order chi connectivity index (χ0) is 10.7. The summed E-state index contributed by atoms with van der Waals surface area (Å²) in [5.74, 6) is 2.15. The number of hydrogen-bond donors (Lipinski definition) is 1. The van der Waals surface area contributed by atoms with Gasteiger partial charge in [0.15, 0.2) is 0 Å². The second kappa shape index (κ2) is 4.58. The van der Waals surface area contributed by atoms with Gasteiger partial charge in [0, 0.05) is 0 Å². The summed E-state index contributed by atoms with van der Waals surface area (Å²) in [5, 5.41) is 10.5. The molecule has 1 N–H and O–H groups in total. The van der Waals surface area contributed by atoms with Crippen LogP contribution in [0, 0.1) is 0 Å². The summed E-state index contributed by atoms with van der Waals surface area (Å²) in [5.41, 5.74) is 1.88. The third-order valence-electron chi connectivity index (χ3n) is 3.22. The van der Waals surface area contributed by atoms with Gasteiger partial charge in [-0.2, -0.15) is 11.8 Å². The molecule has 2 rings (SSSR count). The highest BCUT2D eigenvalue weighted by molar-refractivity contribution is 7.99. The molecule has 0 radical (unpaired) electrons. The van der Waals surface area contributed by atoms with Gasteiger partial charge >= 0.3 is 0 Å². The van der Waals surface area contributed by atoms with Crippen LogP contribution in [0.1, 0.15) is 30.9 Å². The lowest BCUT2D eigenvalue weighted by molar-refractivity contribution is 0.0281. The minimum absolute atomic E-state index is 0.558. The highest BCUT2D eigenvalue weighted by Crippen LogP contribution is 2.35. The van der Waals surface area contributed by atoms with E-state index < -0.39 is 5.60 Å². The van der Waals surface area contributed by atoms with Crippen molar-refractivity contribution in [2.75, 3.05) is 11.5 Å². The van der Waals surface area contributed by atoms with Gasteiger partial charge in [0.1, 0.15) is 0 Å². The molecular weight excluding hydrogens is 204 g/mol. The summed E-state index contributed by atoms with van der Waals surface area (Å²) >= 11 is 1.94. The lowest BCUT2D eigenvalue weighted by Gasteiger charge is -2.32. The van der Waals surface area contributed by atoms with E-state index >= 15 is 0 Å². The van der Waals surface area contributed by atoms with Gasteiger partial charge < -0.3 is 5.11 Å². The monoisotopic (exact) mass is 222 g/mol. The van der Waals surface area contributed by atoms with Crippen molar-refractivity contribution < 1.29 is 5.11 Å². The molecule has 1 heterocycles. The Kier molecular flexibility index (Phi) is 3.37.